The lowest BCUT2D eigenvalue weighted by molar-refractivity contribution is -0.115. The molecule has 0 radical (unpaired) electrons. The van der Waals surface area contributed by atoms with Crippen LogP contribution in [0.2, 0.25) is 0 Å². The second-order valence-corrected chi connectivity index (χ2v) is 7.79. The van der Waals surface area contributed by atoms with Crippen LogP contribution in [0.25, 0.3) is 27.7 Å². The van der Waals surface area contributed by atoms with E-state index in [2.05, 4.69) is 30.7 Å². The van der Waals surface area contributed by atoms with Gasteiger partial charge in [-0.3, -0.25) is 4.79 Å². The SMILES string of the molecule is O=C(NC1CCOCC1)c1cnn2ccc(-c3c[nH]c4nc(NCC(F)(F)F)ncc34)cc12. The van der Waals surface area contributed by atoms with Crippen LogP contribution in [0.4, 0.5) is 19.1 Å². The van der Waals surface area contributed by atoms with Crippen molar-refractivity contribution in [2.75, 3.05) is 25.1 Å². The third kappa shape index (κ3) is 4.46. The fourth-order valence-corrected chi connectivity index (χ4v) is 3.84. The molecule has 0 bridgehead atoms. The smallest absolute Gasteiger partial charge is 0.381 e. The van der Waals surface area contributed by atoms with E-state index in [9.17, 15) is 18.0 Å². The maximum Gasteiger partial charge on any atom is 0.405 e. The van der Waals surface area contributed by atoms with Crippen LogP contribution < -0.4 is 10.6 Å². The van der Waals surface area contributed by atoms with Crippen LogP contribution in [-0.2, 0) is 4.74 Å². The molecule has 0 atom stereocenters. The zero-order chi connectivity index (χ0) is 23.0. The molecule has 0 spiro atoms. The lowest BCUT2D eigenvalue weighted by atomic mass is 10.1. The Morgan fingerprint density at radius 2 is 2.09 bits per heavy atom. The number of anilines is 1. The highest BCUT2D eigenvalue weighted by molar-refractivity contribution is 6.02. The number of amides is 1. The van der Waals surface area contributed by atoms with Crippen LogP contribution in [0.1, 0.15) is 23.2 Å². The molecular weight excluding hydrogens is 439 g/mol. The van der Waals surface area contributed by atoms with E-state index in [1.165, 1.54) is 12.4 Å². The van der Waals surface area contributed by atoms with E-state index < -0.39 is 12.7 Å². The highest BCUT2D eigenvalue weighted by atomic mass is 19.4. The third-order valence-electron chi connectivity index (χ3n) is 5.51. The summed E-state index contributed by atoms with van der Waals surface area (Å²) in [5.41, 5.74) is 3.03. The number of nitrogens with one attached hydrogen (secondary N) is 3. The summed E-state index contributed by atoms with van der Waals surface area (Å²) >= 11 is 0. The molecule has 0 unspecified atom stereocenters. The maximum absolute atomic E-state index is 12.8. The monoisotopic (exact) mass is 459 g/mol. The number of nitrogens with zero attached hydrogens (tertiary/aromatic N) is 4. The number of aromatic nitrogens is 5. The van der Waals surface area contributed by atoms with Gasteiger partial charge in [0.05, 0.1) is 17.3 Å². The van der Waals surface area contributed by atoms with Gasteiger partial charge < -0.3 is 20.4 Å². The molecule has 4 aromatic heterocycles. The molecule has 4 aromatic rings. The highest BCUT2D eigenvalue weighted by Gasteiger charge is 2.27. The van der Waals surface area contributed by atoms with Crippen molar-refractivity contribution in [3.63, 3.8) is 0 Å². The first-order valence-electron chi connectivity index (χ1n) is 10.4. The number of aromatic amines is 1. The summed E-state index contributed by atoms with van der Waals surface area (Å²) in [6.45, 7) is 0.0303. The molecule has 172 valence electrons. The molecule has 3 N–H and O–H groups in total. The molecule has 0 aliphatic carbocycles. The van der Waals surface area contributed by atoms with E-state index in [0.717, 1.165) is 24.0 Å². The minimum atomic E-state index is -4.37. The quantitative estimate of drug-likeness (QED) is 0.423. The number of hydrogen-bond acceptors (Lipinski definition) is 6. The van der Waals surface area contributed by atoms with Crippen molar-refractivity contribution in [2.45, 2.75) is 25.1 Å². The minimum Gasteiger partial charge on any atom is -0.381 e. The summed E-state index contributed by atoms with van der Waals surface area (Å²) in [7, 11) is 0. The Bertz CT molecular complexity index is 1310. The van der Waals surface area contributed by atoms with Gasteiger partial charge >= 0.3 is 6.18 Å². The van der Waals surface area contributed by atoms with Crippen molar-refractivity contribution in [2.24, 2.45) is 0 Å². The summed E-state index contributed by atoms with van der Waals surface area (Å²) in [4.78, 5) is 23.9. The number of halogens is 3. The first kappa shape index (κ1) is 21.2. The molecule has 1 fully saturated rings. The maximum atomic E-state index is 12.8. The molecule has 0 saturated carbocycles. The molecular formula is C21H20F3N7O2. The Morgan fingerprint density at radius 1 is 1.27 bits per heavy atom. The fraction of sp³-hybridized carbons (Fsp3) is 0.333. The van der Waals surface area contributed by atoms with Gasteiger partial charge in [0, 0.05) is 48.8 Å². The summed E-state index contributed by atoms with van der Waals surface area (Å²) in [5, 5.41) is 10.1. The Balaban J connectivity index is 1.42. The molecule has 12 heteroatoms. The summed E-state index contributed by atoms with van der Waals surface area (Å²) in [6, 6.07) is 3.73. The lowest BCUT2D eigenvalue weighted by Crippen LogP contribution is -2.38. The molecule has 5 rings (SSSR count). The Kier molecular flexibility index (Phi) is 5.36. The van der Waals surface area contributed by atoms with Gasteiger partial charge in [0.1, 0.15) is 12.2 Å². The number of rotatable bonds is 5. The van der Waals surface area contributed by atoms with Gasteiger partial charge in [-0.2, -0.15) is 23.3 Å². The van der Waals surface area contributed by atoms with Crippen LogP contribution >= 0.6 is 0 Å². The van der Waals surface area contributed by atoms with Gasteiger partial charge in [0.15, 0.2) is 0 Å². The van der Waals surface area contributed by atoms with Gasteiger partial charge in [-0.05, 0) is 30.5 Å². The summed E-state index contributed by atoms with van der Waals surface area (Å²) in [5.74, 6) is -0.316. The predicted molar refractivity (Wildman–Crippen MR) is 114 cm³/mol. The van der Waals surface area contributed by atoms with Crippen LogP contribution in [0.5, 0.6) is 0 Å². The first-order chi connectivity index (χ1) is 15.9. The van der Waals surface area contributed by atoms with E-state index in [4.69, 9.17) is 4.74 Å². The normalized spacial score (nSPS) is 15.2. The van der Waals surface area contributed by atoms with Crippen molar-refractivity contribution < 1.29 is 22.7 Å². The van der Waals surface area contributed by atoms with E-state index in [-0.39, 0.29) is 17.9 Å². The molecule has 1 aliphatic heterocycles. The average Bonchev–Trinajstić information content (AvgIpc) is 3.41. The third-order valence-corrected chi connectivity index (χ3v) is 5.51. The Hall–Kier alpha value is -3.67. The number of pyridine rings is 1. The van der Waals surface area contributed by atoms with Crippen molar-refractivity contribution in [3.05, 3.63) is 42.5 Å². The number of alkyl halides is 3. The van der Waals surface area contributed by atoms with E-state index >= 15 is 0 Å². The van der Waals surface area contributed by atoms with E-state index in [0.29, 0.717) is 35.3 Å². The van der Waals surface area contributed by atoms with Gasteiger partial charge in [-0.15, -0.1) is 0 Å². The number of hydrogen-bond donors (Lipinski definition) is 3. The number of H-pyrrole nitrogens is 1. The second-order valence-electron chi connectivity index (χ2n) is 7.79. The highest BCUT2D eigenvalue weighted by Crippen LogP contribution is 2.29. The zero-order valence-electron chi connectivity index (χ0n) is 17.3. The van der Waals surface area contributed by atoms with E-state index in [1.807, 2.05) is 12.1 Å². The number of carbonyl (C=O) groups excluding carboxylic acids is 1. The largest absolute Gasteiger partial charge is 0.405 e. The standard InChI is InChI=1S/C21H20F3N7O2/c22-21(23,24)11-27-20-26-9-15-14(8-25-18(15)30-20)12-1-4-31-17(7-12)16(10-28-31)19(32)29-13-2-5-33-6-3-13/h1,4,7-10,13H,2-3,5-6,11H2,(H,29,32)(H2,25,26,27,30). The lowest BCUT2D eigenvalue weighted by Gasteiger charge is -2.22. The van der Waals surface area contributed by atoms with Crippen LogP contribution in [-0.4, -0.2) is 62.4 Å². The fourth-order valence-electron chi connectivity index (χ4n) is 3.84. The molecule has 1 aliphatic rings. The summed E-state index contributed by atoms with van der Waals surface area (Å²) in [6.07, 6.45) is 3.62. The van der Waals surface area contributed by atoms with Crippen molar-refractivity contribution in [1.82, 2.24) is 29.9 Å². The zero-order valence-corrected chi connectivity index (χ0v) is 17.3. The van der Waals surface area contributed by atoms with Crippen molar-refractivity contribution >= 4 is 28.4 Å². The Morgan fingerprint density at radius 3 is 2.88 bits per heavy atom. The Labute approximate surface area is 185 Å². The molecule has 9 nitrogen and oxygen atoms in total. The molecule has 33 heavy (non-hydrogen) atoms. The summed E-state index contributed by atoms with van der Waals surface area (Å²) < 4.78 is 44.3. The van der Waals surface area contributed by atoms with Crippen LogP contribution in [0, 0.1) is 0 Å². The molecule has 5 heterocycles. The van der Waals surface area contributed by atoms with Gasteiger partial charge in [-0.1, -0.05) is 0 Å². The average molecular weight is 459 g/mol. The van der Waals surface area contributed by atoms with Crippen LogP contribution in [0.3, 0.4) is 0 Å². The topological polar surface area (TPSA) is 109 Å². The van der Waals surface area contributed by atoms with Gasteiger partial charge in [0.25, 0.3) is 5.91 Å². The van der Waals surface area contributed by atoms with Crippen molar-refractivity contribution in [3.8, 4) is 11.1 Å². The van der Waals surface area contributed by atoms with Crippen molar-refractivity contribution in [1.29, 1.82) is 0 Å². The first-order valence-corrected chi connectivity index (χ1v) is 10.4. The van der Waals surface area contributed by atoms with Crippen LogP contribution in [0.15, 0.2) is 36.9 Å². The second kappa shape index (κ2) is 8.35. The van der Waals surface area contributed by atoms with Gasteiger partial charge in [-0.25, -0.2) is 9.50 Å². The molecule has 0 aromatic carbocycles. The number of ether oxygens (including phenoxy) is 1. The molecule has 1 amide bonds. The number of fused-ring (bicyclic) bond motifs is 2. The number of carbonyl (C=O) groups is 1. The predicted octanol–water partition coefficient (Wildman–Crippen LogP) is 3.16. The minimum absolute atomic E-state index is 0.0651. The molecule has 1 saturated heterocycles. The van der Waals surface area contributed by atoms with E-state index in [1.54, 1.807) is 16.9 Å². The van der Waals surface area contributed by atoms with Gasteiger partial charge in [0.2, 0.25) is 5.95 Å².